The van der Waals surface area contributed by atoms with Crippen molar-refractivity contribution in [1.82, 2.24) is 29.1 Å². The Labute approximate surface area is 213 Å². The third-order valence-electron chi connectivity index (χ3n) is 6.48. The zero-order valence-corrected chi connectivity index (χ0v) is 19.9. The molecule has 37 heavy (non-hydrogen) atoms. The van der Waals surface area contributed by atoms with E-state index in [1.165, 1.54) is 0 Å². The molecule has 0 fully saturated rings. The van der Waals surface area contributed by atoms with Crippen molar-refractivity contribution in [3.63, 3.8) is 0 Å². The Bertz CT molecular complexity index is 1840. The van der Waals surface area contributed by atoms with Gasteiger partial charge >= 0.3 is 0 Å². The predicted molar refractivity (Wildman–Crippen MR) is 148 cm³/mol. The van der Waals surface area contributed by atoms with Crippen LogP contribution in [0, 0.1) is 0 Å². The summed E-state index contributed by atoms with van der Waals surface area (Å²) >= 11 is 0. The highest BCUT2D eigenvalue weighted by Crippen LogP contribution is 2.32. The summed E-state index contributed by atoms with van der Waals surface area (Å²) in [5, 5.41) is 0. The molecule has 0 atom stereocenters. The van der Waals surface area contributed by atoms with Crippen LogP contribution < -0.4 is 0 Å². The van der Waals surface area contributed by atoms with Gasteiger partial charge in [-0.05, 0) is 48.9 Å². The van der Waals surface area contributed by atoms with Crippen LogP contribution in [0.15, 0.2) is 122 Å². The molecule has 6 heteroatoms. The Morgan fingerprint density at radius 2 is 1.22 bits per heavy atom. The van der Waals surface area contributed by atoms with E-state index < -0.39 is 0 Å². The van der Waals surface area contributed by atoms with Crippen LogP contribution in [0.25, 0.3) is 56.5 Å². The van der Waals surface area contributed by atoms with Crippen LogP contribution >= 0.6 is 0 Å². The number of pyridine rings is 2. The van der Waals surface area contributed by atoms with Crippen LogP contribution in [0.4, 0.5) is 0 Å². The van der Waals surface area contributed by atoms with Crippen LogP contribution in [-0.2, 0) is 0 Å². The fraction of sp³-hybridized carbons (Fsp3) is 0.0323. The largest absolute Gasteiger partial charge is 0.277 e. The van der Waals surface area contributed by atoms with Gasteiger partial charge in [0.05, 0.1) is 0 Å². The second-order valence-corrected chi connectivity index (χ2v) is 8.80. The van der Waals surface area contributed by atoms with Crippen molar-refractivity contribution in [2.24, 2.45) is 0 Å². The Balaban J connectivity index is 1.37. The summed E-state index contributed by atoms with van der Waals surface area (Å²) in [6.07, 6.45) is 15.0. The number of hydrogen-bond acceptors (Lipinski definition) is 4. The minimum Gasteiger partial charge on any atom is -0.277 e. The second kappa shape index (κ2) is 8.84. The number of aromatic nitrogens is 6. The SMILES string of the molecule is C1=CCC=C(n2c(-c3ccc(-c4nc5cccnc5n4-c4ccccc4)cc3)nc3cccnc32)C=C1. The average molecular weight is 479 g/mol. The zero-order chi connectivity index (χ0) is 24.6. The lowest BCUT2D eigenvalue weighted by atomic mass is 10.1. The van der Waals surface area contributed by atoms with Gasteiger partial charge in [-0.15, -0.1) is 0 Å². The van der Waals surface area contributed by atoms with Crippen molar-refractivity contribution >= 4 is 28.0 Å². The fourth-order valence-corrected chi connectivity index (χ4v) is 4.78. The summed E-state index contributed by atoms with van der Waals surface area (Å²) in [5.74, 6) is 1.71. The fourth-order valence-electron chi connectivity index (χ4n) is 4.78. The molecule has 4 heterocycles. The van der Waals surface area contributed by atoms with E-state index >= 15 is 0 Å². The van der Waals surface area contributed by atoms with Gasteiger partial charge in [-0.3, -0.25) is 9.13 Å². The molecule has 0 radical (unpaired) electrons. The van der Waals surface area contributed by atoms with E-state index in [0.29, 0.717) is 0 Å². The summed E-state index contributed by atoms with van der Waals surface area (Å²) in [5.41, 5.74) is 7.50. The molecule has 6 aromatic rings. The molecule has 1 aliphatic rings. The number of allylic oxidation sites excluding steroid dienone is 6. The Hall–Kier alpha value is -5.10. The summed E-state index contributed by atoms with van der Waals surface area (Å²) in [4.78, 5) is 19.2. The normalized spacial score (nSPS) is 13.2. The molecule has 0 bridgehead atoms. The van der Waals surface area contributed by atoms with E-state index in [-0.39, 0.29) is 0 Å². The van der Waals surface area contributed by atoms with Crippen molar-refractivity contribution in [2.75, 3.05) is 0 Å². The molecule has 0 aliphatic heterocycles. The first kappa shape index (κ1) is 21.2. The van der Waals surface area contributed by atoms with Crippen molar-refractivity contribution in [2.45, 2.75) is 6.42 Å². The number of para-hydroxylation sites is 1. The second-order valence-electron chi connectivity index (χ2n) is 8.80. The molecule has 176 valence electrons. The number of imidazole rings is 2. The smallest absolute Gasteiger partial charge is 0.164 e. The van der Waals surface area contributed by atoms with Gasteiger partial charge in [0, 0.05) is 34.9 Å². The van der Waals surface area contributed by atoms with Crippen molar-refractivity contribution < 1.29 is 0 Å². The summed E-state index contributed by atoms with van der Waals surface area (Å²) < 4.78 is 4.24. The monoisotopic (exact) mass is 478 g/mol. The van der Waals surface area contributed by atoms with Crippen LogP contribution in [0.1, 0.15) is 6.42 Å². The van der Waals surface area contributed by atoms with E-state index in [1.54, 1.807) is 6.20 Å². The maximum absolute atomic E-state index is 4.97. The molecule has 6 nitrogen and oxygen atoms in total. The van der Waals surface area contributed by atoms with Gasteiger partial charge in [-0.2, -0.15) is 0 Å². The minimum atomic E-state index is 0.835. The molecular formula is C31H22N6. The lowest BCUT2D eigenvalue weighted by molar-refractivity contribution is 1.08. The Morgan fingerprint density at radius 1 is 0.595 bits per heavy atom. The van der Waals surface area contributed by atoms with E-state index in [0.717, 1.165) is 62.9 Å². The standard InChI is InChI=1S/C31H22N6/c1-2-5-11-24(10-4-1)36-28(34-26-14-8-20-32-30(26)36)22-16-18-23(19-17-22)29-35-27-15-9-21-33-31(27)37(29)25-12-6-3-7-13-25/h1-4,6-21H,5H2. The number of benzene rings is 2. The Morgan fingerprint density at radius 3 is 1.89 bits per heavy atom. The lowest BCUT2D eigenvalue weighted by Crippen LogP contribution is -2.00. The molecule has 1 aliphatic carbocycles. The van der Waals surface area contributed by atoms with Gasteiger partial charge in [-0.25, -0.2) is 19.9 Å². The third-order valence-corrected chi connectivity index (χ3v) is 6.48. The molecule has 0 N–H and O–H groups in total. The predicted octanol–water partition coefficient (Wildman–Crippen LogP) is 6.86. The number of hydrogen-bond donors (Lipinski definition) is 0. The van der Waals surface area contributed by atoms with Crippen molar-refractivity contribution in [1.29, 1.82) is 0 Å². The van der Waals surface area contributed by atoms with Gasteiger partial charge in [0.2, 0.25) is 0 Å². The molecule has 7 rings (SSSR count). The van der Waals surface area contributed by atoms with Crippen molar-refractivity contribution in [3.05, 3.63) is 122 Å². The molecule has 0 unspecified atom stereocenters. The highest BCUT2D eigenvalue weighted by Gasteiger charge is 2.18. The quantitative estimate of drug-likeness (QED) is 0.278. The summed E-state index contributed by atoms with van der Waals surface area (Å²) in [6, 6.07) is 26.5. The van der Waals surface area contributed by atoms with Gasteiger partial charge < -0.3 is 0 Å². The van der Waals surface area contributed by atoms with Gasteiger partial charge in [0.1, 0.15) is 22.7 Å². The topological polar surface area (TPSA) is 61.4 Å². The minimum absolute atomic E-state index is 0.835. The summed E-state index contributed by atoms with van der Waals surface area (Å²) in [6.45, 7) is 0. The highest BCUT2D eigenvalue weighted by molar-refractivity contribution is 5.85. The van der Waals surface area contributed by atoms with E-state index in [1.807, 2.05) is 48.7 Å². The molecule has 0 saturated carbocycles. The Kier molecular flexibility index (Phi) is 5.07. The number of fused-ring (bicyclic) bond motifs is 2. The number of rotatable bonds is 4. The summed E-state index contributed by atoms with van der Waals surface area (Å²) in [7, 11) is 0. The molecule has 2 aromatic carbocycles. The van der Waals surface area contributed by atoms with E-state index in [2.05, 4.69) is 85.9 Å². The first-order valence-corrected chi connectivity index (χ1v) is 12.2. The van der Waals surface area contributed by atoms with Gasteiger partial charge in [-0.1, -0.05) is 66.8 Å². The first-order chi connectivity index (χ1) is 18.4. The zero-order valence-electron chi connectivity index (χ0n) is 19.9. The van der Waals surface area contributed by atoms with E-state index in [4.69, 9.17) is 9.97 Å². The van der Waals surface area contributed by atoms with Gasteiger partial charge in [0.25, 0.3) is 0 Å². The molecule has 0 spiro atoms. The average Bonchev–Trinajstić information content (AvgIpc) is 3.42. The molecule has 0 amide bonds. The molecule has 4 aromatic heterocycles. The van der Waals surface area contributed by atoms with Gasteiger partial charge in [0.15, 0.2) is 11.3 Å². The van der Waals surface area contributed by atoms with Crippen LogP contribution in [0.3, 0.4) is 0 Å². The first-order valence-electron chi connectivity index (χ1n) is 12.2. The molecule has 0 saturated heterocycles. The highest BCUT2D eigenvalue weighted by atomic mass is 15.1. The third kappa shape index (κ3) is 3.67. The van der Waals surface area contributed by atoms with Crippen LogP contribution in [0.2, 0.25) is 0 Å². The molecular weight excluding hydrogens is 456 g/mol. The van der Waals surface area contributed by atoms with Crippen LogP contribution in [0.5, 0.6) is 0 Å². The number of nitrogens with zero attached hydrogens (tertiary/aromatic N) is 6. The maximum atomic E-state index is 4.97. The van der Waals surface area contributed by atoms with E-state index in [9.17, 15) is 0 Å². The maximum Gasteiger partial charge on any atom is 0.164 e. The van der Waals surface area contributed by atoms with Crippen LogP contribution in [-0.4, -0.2) is 29.1 Å². The van der Waals surface area contributed by atoms with Crippen molar-refractivity contribution in [3.8, 4) is 28.5 Å². The lowest BCUT2D eigenvalue weighted by Gasteiger charge is -2.11.